The van der Waals surface area contributed by atoms with Crippen LogP contribution in [0.2, 0.25) is 0 Å². The largest absolute Gasteiger partial charge is 0.444 e. The lowest BCUT2D eigenvalue weighted by atomic mass is 9.95. The Morgan fingerprint density at radius 1 is 0.836 bits per heavy atom. The van der Waals surface area contributed by atoms with Gasteiger partial charge in [-0.05, 0) is 101 Å². The molecule has 298 valence electrons. The van der Waals surface area contributed by atoms with E-state index < -0.39 is 27.8 Å². The summed E-state index contributed by atoms with van der Waals surface area (Å²) in [6, 6.07) is 12.6. The summed E-state index contributed by atoms with van der Waals surface area (Å²) < 4.78 is 34.2. The van der Waals surface area contributed by atoms with Crippen LogP contribution in [0.3, 0.4) is 0 Å². The van der Waals surface area contributed by atoms with Gasteiger partial charge < -0.3 is 24.8 Å². The van der Waals surface area contributed by atoms with E-state index in [1.807, 2.05) is 51.1 Å². The molecule has 0 radical (unpaired) electrons. The number of rotatable bonds is 8. The summed E-state index contributed by atoms with van der Waals surface area (Å²) in [7, 11) is -2.17. The lowest BCUT2D eigenvalue weighted by Crippen LogP contribution is -2.53. The lowest BCUT2D eigenvalue weighted by molar-refractivity contribution is -0.150. The van der Waals surface area contributed by atoms with Crippen molar-refractivity contribution in [3.8, 4) is 0 Å². The maximum atomic E-state index is 13.6. The van der Waals surface area contributed by atoms with Crippen LogP contribution in [-0.2, 0) is 30.9 Å². The zero-order valence-electron chi connectivity index (χ0n) is 32.5. The normalized spacial score (nSPS) is 22.7. The second-order valence-electron chi connectivity index (χ2n) is 16.7. The molecule has 0 spiro atoms. The number of fused-ring (bicyclic) bond motifs is 1. The number of benzene rings is 2. The van der Waals surface area contributed by atoms with Gasteiger partial charge in [0.05, 0.1) is 4.90 Å². The van der Waals surface area contributed by atoms with E-state index in [-0.39, 0.29) is 30.2 Å². The van der Waals surface area contributed by atoms with Crippen LogP contribution in [0.1, 0.15) is 75.2 Å². The Morgan fingerprint density at radius 2 is 1.51 bits per heavy atom. The molecule has 2 aromatic rings. The first-order valence-corrected chi connectivity index (χ1v) is 21.2. The molecular weight excluding hydrogens is 723 g/mol. The summed E-state index contributed by atoms with van der Waals surface area (Å²) >= 11 is 0. The van der Waals surface area contributed by atoms with Crippen LogP contribution in [0.25, 0.3) is 0 Å². The van der Waals surface area contributed by atoms with Crippen molar-refractivity contribution in [3.63, 3.8) is 0 Å². The lowest BCUT2D eigenvalue weighted by Gasteiger charge is -2.40. The van der Waals surface area contributed by atoms with E-state index in [4.69, 9.17) is 4.74 Å². The number of imide groups is 1. The number of nitrogens with one attached hydrogen (secondary N) is 1. The number of carbonyl (C=O) groups is 4. The highest BCUT2D eigenvalue weighted by Crippen LogP contribution is 2.33. The number of ether oxygens (including phenoxy) is 1. The van der Waals surface area contributed by atoms with Gasteiger partial charge in [-0.15, -0.1) is 0 Å². The summed E-state index contributed by atoms with van der Waals surface area (Å²) in [4.78, 5) is 60.5. The molecule has 14 nitrogen and oxygen atoms in total. The van der Waals surface area contributed by atoms with Gasteiger partial charge >= 0.3 is 6.09 Å². The number of alkyl carbamates (subject to hydrolysis) is 1. The number of nitrogens with zero attached hydrogens (tertiary/aromatic N) is 6. The third kappa shape index (κ3) is 8.63. The zero-order chi connectivity index (χ0) is 39.1. The molecule has 2 aromatic carbocycles. The van der Waals surface area contributed by atoms with Crippen LogP contribution in [-0.4, -0.2) is 135 Å². The van der Waals surface area contributed by atoms with Crippen LogP contribution >= 0.6 is 0 Å². The van der Waals surface area contributed by atoms with Crippen molar-refractivity contribution in [2.75, 3.05) is 75.8 Å². The third-order valence-corrected chi connectivity index (χ3v) is 13.7. The Hall–Kier alpha value is -4.21. The van der Waals surface area contributed by atoms with Gasteiger partial charge in [0.25, 0.3) is 11.8 Å². The molecule has 0 aromatic heterocycles. The summed E-state index contributed by atoms with van der Waals surface area (Å²) in [5.74, 6) is -0.0756. The quantitative estimate of drug-likeness (QED) is 0.396. The highest BCUT2D eigenvalue weighted by atomic mass is 32.2. The number of anilines is 2. The molecule has 55 heavy (non-hydrogen) atoms. The minimum Gasteiger partial charge on any atom is -0.444 e. The second-order valence-corrected chi connectivity index (χ2v) is 18.6. The maximum absolute atomic E-state index is 13.6. The first kappa shape index (κ1) is 39.0. The summed E-state index contributed by atoms with van der Waals surface area (Å²) in [6.07, 6.45) is 3.30. The van der Waals surface area contributed by atoms with Crippen LogP contribution < -0.4 is 15.1 Å². The molecule has 1 atom stereocenters. The SMILES string of the molecule is CN1C(=O)CCC(N2Cc3cc(N4CCN(CC5CCN(c6cccc(S(=O)(=O)N7CCC(NC(=O)OC(C)(C)C)CC7)c6)CC5)CC4)ccc3C2=O)C1=O. The summed E-state index contributed by atoms with van der Waals surface area (Å²) in [6.45, 7) is 13.0. The Balaban J connectivity index is 0.861. The topological polar surface area (TPSA) is 143 Å². The van der Waals surface area contributed by atoms with Crippen molar-refractivity contribution < 1.29 is 32.3 Å². The van der Waals surface area contributed by atoms with Gasteiger partial charge in [0.1, 0.15) is 11.6 Å². The second kappa shape index (κ2) is 15.7. The minimum atomic E-state index is -3.67. The van der Waals surface area contributed by atoms with Crippen LogP contribution in [0.15, 0.2) is 47.4 Å². The van der Waals surface area contributed by atoms with Crippen molar-refractivity contribution in [2.24, 2.45) is 5.92 Å². The van der Waals surface area contributed by atoms with E-state index >= 15 is 0 Å². The molecule has 0 saturated carbocycles. The fourth-order valence-corrected chi connectivity index (χ4v) is 10.1. The first-order valence-electron chi connectivity index (χ1n) is 19.7. The first-order chi connectivity index (χ1) is 26.2. The highest BCUT2D eigenvalue weighted by molar-refractivity contribution is 7.89. The van der Waals surface area contributed by atoms with Crippen molar-refractivity contribution >= 4 is 45.2 Å². The van der Waals surface area contributed by atoms with Crippen LogP contribution in [0, 0.1) is 5.92 Å². The number of piperazine rings is 1. The highest BCUT2D eigenvalue weighted by Gasteiger charge is 2.42. The van der Waals surface area contributed by atoms with Crippen molar-refractivity contribution in [1.29, 1.82) is 0 Å². The molecule has 4 saturated heterocycles. The number of likely N-dealkylation sites (tertiary alicyclic amines) is 1. The predicted molar refractivity (Wildman–Crippen MR) is 208 cm³/mol. The standard InChI is InChI=1S/C40H55N7O7S/c1-40(2,3)54-39(51)41-30-14-18-46(19-15-30)55(52,53)33-7-5-6-31(25-33)44-16-12-28(13-17-44)26-43-20-22-45(23-21-43)32-8-9-34-29(24-32)27-47(37(34)49)35-10-11-36(48)42(4)38(35)50/h5-9,24-25,28,30,35H,10-23,26-27H2,1-4H3,(H,41,51). The Bertz CT molecular complexity index is 1890. The number of hydrogen-bond donors (Lipinski definition) is 1. The minimum absolute atomic E-state index is 0.123. The molecule has 5 heterocycles. The zero-order valence-corrected chi connectivity index (χ0v) is 33.4. The molecule has 1 N–H and O–H groups in total. The Morgan fingerprint density at radius 3 is 2.20 bits per heavy atom. The Labute approximate surface area is 324 Å². The fraction of sp³-hybridized carbons (Fsp3) is 0.600. The van der Waals surface area contributed by atoms with Gasteiger partial charge in [-0.3, -0.25) is 24.2 Å². The molecular formula is C40H55N7O7S. The van der Waals surface area contributed by atoms with Crippen molar-refractivity contribution in [1.82, 2.24) is 24.3 Å². The molecule has 4 amide bonds. The van der Waals surface area contributed by atoms with E-state index in [1.54, 1.807) is 11.0 Å². The van der Waals surface area contributed by atoms with Gasteiger partial charge in [0, 0.05) is 102 Å². The third-order valence-electron chi connectivity index (χ3n) is 11.8. The van der Waals surface area contributed by atoms with E-state index in [1.165, 1.54) is 11.4 Å². The number of sulfonamides is 1. The van der Waals surface area contributed by atoms with Crippen LogP contribution in [0.4, 0.5) is 16.2 Å². The average Bonchev–Trinajstić information content (AvgIpc) is 3.49. The molecule has 4 fully saturated rings. The maximum Gasteiger partial charge on any atom is 0.407 e. The molecule has 1 unspecified atom stereocenters. The van der Waals surface area contributed by atoms with Gasteiger partial charge in [-0.2, -0.15) is 4.31 Å². The summed E-state index contributed by atoms with van der Waals surface area (Å²) in [5.41, 5.74) is 3.01. The fourth-order valence-electron chi connectivity index (χ4n) is 8.60. The van der Waals surface area contributed by atoms with E-state index in [0.29, 0.717) is 55.3 Å². The average molecular weight is 778 g/mol. The molecule has 15 heteroatoms. The van der Waals surface area contributed by atoms with E-state index in [0.717, 1.165) is 80.5 Å². The van der Waals surface area contributed by atoms with E-state index in [2.05, 4.69) is 26.1 Å². The van der Waals surface area contributed by atoms with E-state index in [9.17, 15) is 27.6 Å². The molecule has 7 rings (SSSR count). The molecule has 0 aliphatic carbocycles. The van der Waals surface area contributed by atoms with Gasteiger partial charge in [0.2, 0.25) is 15.9 Å². The molecule has 5 aliphatic rings. The molecule has 5 aliphatic heterocycles. The summed E-state index contributed by atoms with van der Waals surface area (Å²) in [5, 5.41) is 2.88. The van der Waals surface area contributed by atoms with Gasteiger partial charge in [0.15, 0.2) is 0 Å². The monoisotopic (exact) mass is 777 g/mol. The number of hydrogen-bond acceptors (Lipinski definition) is 10. The number of amides is 4. The predicted octanol–water partition coefficient (Wildman–Crippen LogP) is 3.51. The molecule has 0 bridgehead atoms. The number of likely N-dealkylation sites (N-methyl/N-ethyl adjacent to an activating group) is 1. The Kier molecular flexibility index (Phi) is 11.2. The number of piperidine rings is 3. The van der Waals surface area contributed by atoms with Gasteiger partial charge in [-0.1, -0.05) is 6.07 Å². The number of carbonyl (C=O) groups excluding carboxylic acids is 4. The van der Waals surface area contributed by atoms with Crippen LogP contribution in [0.5, 0.6) is 0 Å². The smallest absolute Gasteiger partial charge is 0.407 e. The van der Waals surface area contributed by atoms with Crippen molar-refractivity contribution in [2.45, 2.75) is 88.4 Å². The van der Waals surface area contributed by atoms with Gasteiger partial charge in [-0.25, -0.2) is 13.2 Å². The van der Waals surface area contributed by atoms with Crippen molar-refractivity contribution in [3.05, 3.63) is 53.6 Å².